The van der Waals surface area contributed by atoms with E-state index in [1.165, 1.54) is 11.8 Å². The van der Waals surface area contributed by atoms with Crippen LogP contribution < -0.4 is 5.43 Å². The highest BCUT2D eigenvalue weighted by Crippen LogP contribution is 2.36. The van der Waals surface area contributed by atoms with E-state index in [0.29, 0.717) is 31.9 Å². The number of esters is 1. The lowest BCUT2D eigenvalue weighted by molar-refractivity contribution is 0.0525. The molecule has 1 heterocycles. The molecular formula is C27H21Cl2NO3S. The van der Waals surface area contributed by atoms with Gasteiger partial charge in [0, 0.05) is 14.9 Å². The predicted octanol–water partition coefficient (Wildman–Crippen LogP) is 7.65. The molecule has 1 N–H and O–H groups in total. The SMILES string of the molecule is CCOC(=O)c1c(-c2ccc(Cl)cc2)[nH]c(-c2ccc(Cl)cc2)c(Sc2ccc(C)cc2)c1=O. The van der Waals surface area contributed by atoms with Gasteiger partial charge in [0.2, 0.25) is 5.43 Å². The molecule has 0 radical (unpaired) electrons. The highest BCUT2D eigenvalue weighted by molar-refractivity contribution is 7.99. The largest absolute Gasteiger partial charge is 0.462 e. The summed E-state index contributed by atoms with van der Waals surface area (Å²) in [7, 11) is 0. The number of benzene rings is 3. The lowest BCUT2D eigenvalue weighted by atomic mass is 10.0. The summed E-state index contributed by atoms with van der Waals surface area (Å²) in [4.78, 5) is 31.5. The molecule has 0 spiro atoms. The molecule has 3 aromatic carbocycles. The van der Waals surface area contributed by atoms with E-state index >= 15 is 0 Å². The van der Waals surface area contributed by atoms with Crippen molar-refractivity contribution in [1.29, 1.82) is 0 Å². The zero-order valence-electron chi connectivity index (χ0n) is 18.5. The number of nitrogens with one attached hydrogen (secondary N) is 1. The molecule has 4 aromatic rings. The first-order valence-corrected chi connectivity index (χ1v) is 12.2. The number of aromatic amines is 1. The van der Waals surface area contributed by atoms with E-state index in [2.05, 4.69) is 4.98 Å². The highest BCUT2D eigenvalue weighted by atomic mass is 35.5. The molecule has 4 nitrogen and oxygen atoms in total. The molecule has 0 aliphatic rings. The van der Waals surface area contributed by atoms with Crippen LogP contribution in [0.1, 0.15) is 22.8 Å². The zero-order chi connectivity index (χ0) is 24.2. The standard InChI is InChI=1S/C27H21Cl2NO3S/c1-3-33-27(32)22-23(17-6-10-19(28)11-7-17)30-24(18-8-12-20(29)13-9-18)26(25(22)31)34-21-14-4-16(2)5-15-21/h4-15H,3H2,1-2H3,(H,30,31). The first-order chi connectivity index (χ1) is 16.4. The Bertz CT molecular complexity index is 1380. The molecule has 0 fully saturated rings. The van der Waals surface area contributed by atoms with E-state index in [0.717, 1.165) is 16.0 Å². The minimum Gasteiger partial charge on any atom is -0.462 e. The number of carbonyl (C=O) groups is 1. The third-order valence-electron chi connectivity index (χ3n) is 5.15. The summed E-state index contributed by atoms with van der Waals surface area (Å²) in [6.07, 6.45) is 0. The average molecular weight is 510 g/mol. The normalized spacial score (nSPS) is 10.8. The number of rotatable bonds is 6. The fourth-order valence-electron chi connectivity index (χ4n) is 3.46. The van der Waals surface area contributed by atoms with Crippen LogP contribution in [0, 0.1) is 6.92 Å². The Morgan fingerprint density at radius 3 is 1.91 bits per heavy atom. The molecule has 0 aliphatic carbocycles. The van der Waals surface area contributed by atoms with E-state index in [1.807, 2.05) is 43.3 Å². The maximum atomic E-state index is 13.9. The third-order valence-corrected chi connectivity index (χ3v) is 6.75. The van der Waals surface area contributed by atoms with Crippen LogP contribution in [0.25, 0.3) is 22.5 Å². The van der Waals surface area contributed by atoms with Crippen molar-refractivity contribution in [2.45, 2.75) is 23.6 Å². The monoisotopic (exact) mass is 509 g/mol. The molecule has 0 saturated heterocycles. The molecular weight excluding hydrogens is 489 g/mol. The van der Waals surface area contributed by atoms with Gasteiger partial charge in [0.1, 0.15) is 5.56 Å². The molecule has 0 amide bonds. The van der Waals surface area contributed by atoms with Gasteiger partial charge in [-0.1, -0.05) is 76.9 Å². The lowest BCUT2D eigenvalue weighted by Gasteiger charge is -2.16. The van der Waals surface area contributed by atoms with E-state index in [9.17, 15) is 9.59 Å². The predicted molar refractivity (Wildman–Crippen MR) is 139 cm³/mol. The quantitative estimate of drug-likeness (QED) is 0.271. The molecule has 0 bridgehead atoms. The van der Waals surface area contributed by atoms with Crippen molar-refractivity contribution in [3.63, 3.8) is 0 Å². The fraction of sp³-hybridized carbons (Fsp3) is 0.111. The molecule has 34 heavy (non-hydrogen) atoms. The van der Waals surface area contributed by atoms with Gasteiger partial charge < -0.3 is 9.72 Å². The Balaban J connectivity index is 2.01. The number of aryl methyl sites for hydroxylation is 1. The summed E-state index contributed by atoms with van der Waals surface area (Å²) in [5.41, 5.74) is 3.03. The molecule has 0 unspecified atom stereocenters. The van der Waals surface area contributed by atoms with Gasteiger partial charge in [0.15, 0.2) is 0 Å². The van der Waals surface area contributed by atoms with Crippen LogP contribution in [0.5, 0.6) is 0 Å². The van der Waals surface area contributed by atoms with Gasteiger partial charge in [-0.15, -0.1) is 0 Å². The van der Waals surface area contributed by atoms with Gasteiger partial charge in [-0.25, -0.2) is 4.79 Å². The summed E-state index contributed by atoms with van der Waals surface area (Å²) in [6, 6.07) is 22.0. The summed E-state index contributed by atoms with van der Waals surface area (Å²) in [6.45, 7) is 3.86. The van der Waals surface area contributed by atoms with E-state index in [-0.39, 0.29) is 12.2 Å². The van der Waals surface area contributed by atoms with Crippen molar-refractivity contribution in [3.8, 4) is 22.5 Å². The van der Waals surface area contributed by atoms with E-state index in [4.69, 9.17) is 27.9 Å². The molecule has 172 valence electrons. The van der Waals surface area contributed by atoms with Crippen molar-refractivity contribution in [2.24, 2.45) is 0 Å². The van der Waals surface area contributed by atoms with Gasteiger partial charge in [-0.3, -0.25) is 4.79 Å². The van der Waals surface area contributed by atoms with E-state index < -0.39 is 11.4 Å². The topological polar surface area (TPSA) is 59.2 Å². The summed E-state index contributed by atoms with van der Waals surface area (Å²) in [5, 5.41) is 1.13. The van der Waals surface area contributed by atoms with Gasteiger partial charge in [-0.2, -0.15) is 0 Å². The van der Waals surface area contributed by atoms with Crippen molar-refractivity contribution < 1.29 is 9.53 Å². The first-order valence-electron chi connectivity index (χ1n) is 10.6. The van der Waals surface area contributed by atoms with Crippen molar-refractivity contribution in [2.75, 3.05) is 6.61 Å². The summed E-state index contributed by atoms with van der Waals surface area (Å²) < 4.78 is 5.27. The number of hydrogen-bond acceptors (Lipinski definition) is 4. The molecule has 0 atom stereocenters. The summed E-state index contributed by atoms with van der Waals surface area (Å²) >= 11 is 13.5. The van der Waals surface area contributed by atoms with Crippen LogP contribution in [-0.2, 0) is 4.74 Å². The Hall–Kier alpha value is -2.99. The van der Waals surface area contributed by atoms with Crippen LogP contribution in [0.2, 0.25) is 10.0 Å². The van der Waals surface area contributed by atoms with E-state index in [1.54, 1.807) is 43.3 Å². The van der Waals surface area contributed by atoms with Gasteiger partial charge in [0.25, 0.3) is 0 Å². The maximum Gasteiger partial charge on any atom is 0.344 e. The Morgan fingerprint density at radius 1 is 0.853 bits per heavy atom. The number of aromatic nitrogens is 1. The van der Waals surface area contributed by atoms with Crippen LogP contribution in [0.15, 0.2) is 87.4 Å². The van der Waals surface area contributed by atoms with Gasteiger partial charge >= 0.3 is 5.97 Å². The second-order valence-electron chi connectivity index (χ2n) is 7.56. The van der Waals surface area contributed by atoms with Crippen LogP contribution >= 0.6 is 35.0 Å². The first kappa shape index (κ1) is 24.1. The van der Waals surface area contributed by atoms with Crippen molar-refractivity contribution in [3.05, 3.63) is 104 Å². The fourth-order valence-corrected chi connectivity index (χ4v) is 4.68. The minimum atomic E-state index is -0.679. The molecule has 0 aliphatic heterocycles. The molecule has 7 heteroatoms. The Morgan fingerprint density at radius 2 is 1.38 bits per heavy atom. The number of ether oxygens (including phenoxy) is 1. The summed E-state index contributed by atoms with van der Waals surface area (Å²) in [5.74, 6) is -0.679. The number of H-pyrrole nitrogens is 1. The molecule has 0 saturated carbocycles. The third kappa shape index (κ3) is 5.22. The smallest absolute Gasteiger partial charge is 0.344 e. The Labute approximate surface area is 211 Å². The van der Waals surface area contributed by atoms with Crippen LogP contribution in [0.4, 0.5) is 0 Å². The lowest BCUT2D eigenvalue weighted by Crippen LogP contribution is -2.22. The van der Waals surface area contributed by atoms with Crippen LogP contribution in [-0.4, -0.2) is 17.6 Å². The highest BCUT2D eigenvalue weighted by Gasteiger charge is 2.25. The number of halogens is 2. The molecule has 4 rings (SSSR count). The second kappa shape index (κ2) is 10.5. The van der Waals surface area contributed by atoms with Gasteiger partial charge in [0.05, 0.1) is 22.9 Å². The van der Waals surface area contributed by atoms with Crippen molar-refractivity contribution in [1.82, 2.24) is 4.98 Å². The van der Waals surface area contributed by atoms with Gasteiger partial charge in [-0.05, 0) is 61.4 Å². The van der Waals surface area contributed by atoms with Crippen molar-refractivity contribution >= 4 is 40.9 Å². The average Bonchev–Trinajstić information content (AvgIpc) is 2.82. The number of pyridine rings is 1. The molecule has 1 aromatic heterocycles. The number of hydrogen-bond donors (Lipinski definition) is 1. The minimum absolute atomic E-state index is 0.0449. The van der Waals surface area contributed by atoms with Crippen LogP contribution in [0.3, 0.4) is 0 Å². The second-order valence-corrected chi connectivity index (χ2v) is 9.51. The number of carbonyl (C=O) groups excluding carboxylic acids is 1. The zero-order valence-corrected chi connectivity index (χ0v) is 20.9. The Kier molecular flexibility index (Phi) is 7.47. The maximum absolute atomic E-state index is 13.9.